The van der Waals surface area contributed by atoms with Crippen molar-refractivity contribution in [3.8, 4) is 0 Å². The molecule has 0 aromatic carbocycles. The highest BCUT2D eigenvalue weighted by Crippen LogP contribution is 2.33. The number of aliphatic hydroxyl groups is 2. The molecule has 1 aliphatic carbocycles. The van der Waals surface area contributed by atoms with Gasteiger partial charge in [-0.1, -0.05) is 44.1 Å². The van der Waals surface area contributed by atoms with Crippen LogP contribution >= 0.6 is 0 Å². The van der Waals surface area contributed by atoms with E-state index in [0.29, 0.717) is 25.9 Å². The van der Waals surface area contributed by atoms with Crippen LogP contribution in [0.4, 0.5) is 0 Å². The van der Waals surface area contributed by atoms with E-state index in [9.17, 15) is 19.8 Å². The highest BCUT2D eigenvalue weighted by molar-refractivity contribution is 5.84. The Bertz CT molecular complexity index is 527. The lowest BCUT2D eigenvalue weighted by Gasteiger charge is -2.21. The van der Waals surface area contributed by atoms with Crippen LogP contribution in [-0.2, 0) is 14.3 Å². The molecule has 0 aliphatic heterocycles. The van der Waals surface area contributed by atoms with Crippen molar-refractivity contribution in [1.82, 2.24) is 0 Å². The van der Waals surface area contributed by atoms with E-state index in [2.05, 4.69) is 6.92 Å². The molecule has 1 unspecified atom stereocenters. The minimum absolute atomic E-state index is 0.00280. The van der Waals surface area contributed by atoms with Crippen molar-refractivity contribution in [2.24, 2.45) is 17.8 Å². The molecule has 0 spiro atoms. The maximum absolute atomic E-state index is 12.2. The van der Waals surface area contributed by atoms with Crippen LogP contribution in [0.3, 0.4) is 0 Å². The third kappa shape index (κ3) is 8.67. The average Bonchev–Trinajstić information content (AvgIpc) is 2.92. The van der Waals surface area contributed by atoms with Crippen LogP contribution in [-0.4, -0.2) is 53.0 Å². The van der Waals surface area contributed by atoms with Crippen molar-refractivity contribution in [3.63, 3.8) is 0 Å². The third-order valence-electron chi connectivity index (χ3n) is 5.37. The van der Waals surface area contributed by atoms with Gasteiger partial charge in [0.25, 0.3) is 0 Å². The highest BCUT2D eigenvalue weighted by Gasteiger charge is 2.39. The van der Waals surface area contributed by atoms with E-state index in [1.165, 1.54) is 0 Å². The van der Waals surface area contributed by atoms with Crippen molar-refractivity contribution >= 4 is 11.8 Å². The Kier molecular flexibility index (Phi) is 12.0. The molecule has 6 nitrogen and oxygen atoms in total. The Labute approximate surface area is 168 Å². The molecule has 1 aliphatic rings. The molecule has 1 rings (SSSR count). The Morgan fingerprint density at radius 3 is 2.71 bits per heavy atom. The summed E-state index contributed by atoms with van der Waals surface area (Å²) in [5.41, 5.74) is 0. The molecule has 0 saturated heterocycles. The second-order valence-electron chi connectivity index (χ2n) is 7.65. The van der Waals surface area contributed by atoms with Gasteiger partial charge >= 0.3 is 5.97 Å². The van der Waals surface area contributed by atoms with E-state index < -0.39 is 18.2 Å². The summed E-state index contributed by atoms with van der Waals surface area (Å²) < 4.78 is 5.21. The molecule has 0 aromatic rings. The van der Waals surface area contributed by atoms with Gasteiger partial charge < -0.3 is 20.1 Å². The van der Waals surface area contributed by atoms with Crippen LogP contribution < -0.4 is 0 Å². The van der Waals surface area contributed by atoms with E-state index >= 15 is 0 Å². The van der Waals surface area contributed by atoms with Crippen LogP contribution in [0.2, 0.25) is 0 Å². The summed E-state index contributed by atoms with van der Waals surface area (Å²) in [5.74, 6) is -1.38. The zero-order valence-electron chi connectivity index (χ0n) is 17.1. The summed E-state index contributed by atoms with van der Waals surface area (Å²) >= 11 is 0. The van der Waals surface area contributed by atoms with Crippen molar-refractivity contribution < 1.29 is 29.6 Å². The zero-order valence-corrected chi connectivity index (χ0v) is 17.1. The second kappa shape index (κ2) is 13.6. The predicted octanol–water partition coefficient (Wildman–Crippen LogP) is 3.12. The summed E-state index contributed by atoms with van der Waals surface area (Å²) in [7, 11) is 1.62. The van der Waals surface area contributed by atoms with Crippen molar-refractivity contribution in [1.29, 1.82) is 0 Å². The van der Waals surface area contributed by atoms with Gasteiger partial charge in [0, 0.05) is 37.7 Å². The quantitative estimate of drug-likeness (QED) is 0.308. The average molecular weight is 397 g/mol. The number of unbranched alkanes of at least 4 members (excludes halogenated alkanes) is 2. The van der Waals surface area contributed by atoms with Crippen LogP contribution in [0.15, 0.2) is 24.3 Å². The van der Waals surface area contributed by atoms with E-state index in [0.717, 1.165) is 19.3 Å². The molecular formula is C22H36O6. The van der Waals surface area contributed by atoms with E-state index in [4.69, 9.17) is 9.84 Å². The molecule has 0 radical (unpaired) electrons. The molecule has 1 saturated carbocycles. The molecule has 0 aromatic heterocycles. The second-order valence-corrected chi connectivity index (χ2v) is 7.65. The van der Waals surface area contributed by atoms with Crippen molar-refractivity contribution in [2.45, 2.75) is 70.5 Å². The van der Waals surface area contributed by atoms with Crippen LogP contribution in [0.5, 0.6) is 0 Å². The van der Waals surface area contributed by atoms with Gasteiger partial charge in [-0.3, -0.25) is 9.59 Å². The maximum atomic E-state index is 12.2. The van der Waals surface area contributed by atoms with E-state index in [1.807, 2.05) is 12.2 Å². The molecule has 6 heteroatoms. The molecule has 0 amide bonds. The number of carbonyl (C=O) groups is 2. The van der Waals surface area contributed by atoms with Crippen molar-refractivity contribution in [2.75, 3.05) is 13.7 Å². The lowest BCUT2D eigenvalue weighted by atomic mass is 9.89. The fourth-order valence-electron chi connectivity index (χ4n) is 3.69. The highest BCUT2D eigenvalue weighted by atomic mass is 16.5. The number of carbonyl (C=O) groups excluding carboxylic acids is 1. The Morgan fingerprint density at radius 2 is 2.07 bits per heavy atom. The standard InChI is InChI=1S/C22H36O6/c1-3-4-9-16(15-28-2)19(23)13-12-18-17(20(24)14-21(18)25)10-7-5-6-8-11-22(26)27/h5,7,12-13,16-19,21,23,25H,3-4,6,8-11,14-15H2,1-2H3,(H,26,27)/b7-5-,13-12+/t16?,17-,18-,19-,21-/m1/s1. The number of rotatable bonds is 14. The SMILES string of the molecule is CCCCC(COC)[C@H](O)/C=C/[C@H]1[C@H](O)CC(=O)[C@@H]1C/C=C\CCCC(=O)O. The number of carboxylic acids is 1. The zero-order chi connectivity index (χ0) is 20.9. The largest absolute Gasteiger partial charge is 0.481 e. The van der Waals surface area contributed by atoms with Crippen molar-refractivity contribution in [3.05, 3.63) is 24.3 Å². The first-order chi connectivity index (χ1) is 13.4. The third-order valence-corrected chi connectivity index (χ3v) is 5.37. The molecule has 0 heterocycles. The van der Waals surface area contributed by atoms with Gasteiger partial charge in [-0.05, 0) is 25.7 Å². The van der Waals surface area contributed by atoms with Crippen LogP contribution in [0.25, 0.3) is 0 Å². The minimum atomic E-state index is -0.808. The topological polar surface area (TPSA) is 104 Å². The first-order valence-corrected chi connectivity index (χ1v) is 10.3. The van der Waals surface area contributed by atoms with Crippen LogP contribution in [0.1, 0.15) is 58.3 Å². The van der Waals surface area contributed by atoms with E-state index in [-0.39, 0.29) is 36.4 Å². The van der Waals surface area contributed by atoms with Gasteiger partial charge in [0.15, 0.2) is 0 Å². The Balaban J connectivity index is 2.63. The molecule has 28 heavy (non-hydrogen) atoms. The van der Waals surface area contributed by atoms with Gasteiger partial charge in [-0.15, -0.1) is 0 Å². The number of aliphatic carboxylic acids is 1. The molecule has 1 fully saturated rings. The van der Waals surface area contributed by atoms with Gasteiger partial charge in [-0.2, -0.15) is 0 Å². The summed E-state index contributed by atoms with van der Waals surface area (Å²) in [4.78, 5) is 22.7. The first kappa shape index (κ1) is 24.5. The number of aliphatic hydroxyl groups excluding tert-OH is 2. The minimum Gasteiger partial charge on any atom is -0.481 e. The predicted molar refractivity (Wildman–Crippen MR) is 108 cm³/mol. The van der Waals surface area contributed by atoms with Gasteiger partial charge in [0.1, 0.15) is 5.78 Å². The first-order valence-electron chi connectivity index (χ1n) is 10.3. The molecular weight excluding hydrogens is 360 g/mol. The summed E-state index contributed by atoms with van der Waals surface area (Å²) in [6.07, 6.45) is 10.8. The number of Topliss-reactive ketones (excluding diaryl/α,β-unsaturated/α-hetero) is 1. The van der Waals surface area contributed by atoms with E-state index in [1.54, 1.807) is 19.3 Å². The number of ether oxygens (including phenoxy) is 1. The number of hydrogen-bond acceptors (Lipinski definition) is 5. The number of carboxylic acid groups (broad SMARTS) is 1. The molecule has 160 valence electrons. The normalized spacial score (nSPS) is 25.0. The molecule has 0 bridgehead atoms. The molecule has 5 atom stereocenters. The maximum Gasteiger partial charge on any atom is 0.303 e. The Hall–Kier alpha value is -1.50. The summed E-state index contributed by atoms with van der Waals surface area (Å²) in [6, 6.07) is 0. The summed E-state index contributed by atoms with van der Waals surface area (Å²) in [5, 5.41) is 29.4. The number of hydrogen-bond donors (Lipinski definition) is 3. The smallest absolute Gasteiger partial charge is 0.303 e. The Morgan fingerprint density at radius 1 is 1.32 bits per heavy atom. The fraction of sp³-hybridized carbons (Fsp3) is 0.727. The van der Waals surface area contributed by atoms with Gasteiger partial charge in [0.2, 0.25) is 0 Å². The van der Waals surface area contributed by atoms with Gasteiger partial charge in [0.05, 0.1) is 18.8 Å². The lowest BCUT2D eigenvalue weighted by Crippen LogP contribution is -2.24. The van der Waals surface area contributed by atoms with Crippen LogP contribution in [0, 0.1) is 17.8 Å². The van der Waals surface area contributed by atoms with Gasteiger partial charge in [-0.25, -0.2) is 0 Å². The number of allylic oxidation sites excluding steroid dienone is 2. The number of ketones is 1. The number of methoxy groups -OCH3 is 1. The summed E-state index contributed by atoms with van der Waals surface area (Å²) in [6.45, 7) is 2.58. The molecule has 3 N–H and O–H groups in total. The fourth-order valence-corrected chi connectivity index (χ4v) is 3.69. The monoisotopic (exact) mass is 396 g/mol. The lowest BCUT2D eigenvalue weighted by molar-refractivity contribution is -0.137.